The molecule has 0 aliphatic rings. The van der Waals surface area contributed by atoms with E-state index in [1.807, 2.05) is 6.92 Å². The first-order valence-corrected chi connectivity index (χ1v) is 5.23. The van der Waals surface area contributed by atoms with Crippen LogP contribution in [0.3, 0.4) is 0 Å². The Kier molecular flexibility index (Phi) is 6.67. The molecule has 6 heteroatoms. The fraction of sp³-hybridized carbons (Fsp3) is 0.800. The summed E-state index contributed by atoms with van der Waals surface area (Å²) in [6.07, 6.45) is -0.136. The summed E-state index contributed by atoms with van der Waals surface area (Å²) in [7, 11) is 1.36. The third-order valence-electron chi connectivity index (χ3n) is 2.57. The molecule has 1 unspecified atom stereocenters. The Morgan fingerprint density at radius 1 is 1.50 bits per heavy atom. The Labute approximate surface area is 95.1 Å². The first kappa shape index (κ1) is 14.9. The van der Waals surface area contributed by atoms with Crippen molar-refractivity contribution in [2.75, 3.05) is 13.7 Å². The Bertz CT molecular complexity index is 241. The molecule has 6 nitrogen and oxygen atoms in total. The van der Waals surface area contributed by atoms with E-state index in [1.54, 1.807) is 6.92 Å². The molecule has 0 radical (unpaired) electrons. The average Bonchev–Trinajstić information content (AvgIpc) is 2.26. The highest BCUT2D eigenvalue weighted by Gasteiger charge is 2.27. The normalized spacial score (nSPS) is 16.2. The van der Waals surface area contributed by atoms with Gasteiger partial charge in [0.1, 0.15) is 12.1 Å². The van der Waals surface area contributed by atoms with Crippen LogP contribution in [0.1, 0.15) is 20.3 Å². The topological polar surface area (TPSA) is 102 Å². The SMILES string of the molecule is CC[C@H](C)[C@H](NC(=O)C(CN)OC)C(=O)O. The third kappa shape index (κ3) is 4.16. The molecule has 0 heterocycles. The zero-order valence-corrected chi connectivity index (χ0v) is 9.90. The van der Waals surface area contributed by atoms with Crippen molar-refractivity contribution in [3.05, 3.63) is 0 Å². The molecular formula is C10H20N2O4. The summed E-state index contributed by atoms with van der Waals surface area (Å²) >= 11 is 0. The summed E-state index contributed by atoms with van der Waals surface area (Å²) < 4.78 is 4.83. The zero-order chi connectivity index (χ0) is 12.7. The molecule has 4 N–H and O–H groups in total. The van der Waals surface area contributed by atoms with Gasteiger partial charge in [0.15, 0.2) is 0 Å². The van der Waals surface area contributed by atoms with Gasteiger partial charge in [-0.3, -0.25) is 4.79 Å². The molecule has 0 saturated carbocycles. The summed E-state index contributed by atoms with van der Waals surface area (Å²) in [4.78, 5) is 22.5. The van der Waals surface area contributed by atoms with Crippen LogP contribution in [0.15, 0.2) is 0 Å². The minimum Gasteiger partial charge on any atom is -0.480 e. The van der Waals surface area contributed by atoms with Gasteiger partial charge in [0, 0.05) is 13.7 Å². The summed E-state index contributed by atoms with van der Waals surface area (Å²) in [6, 6.07) is -0.901. The van der Waals surface area contributed by atoms with Gasteiger partial charge in [-0.15, -0.1) is 0 Å². The van der Waals surface area contributed by atoms with E-state index in [4.69, 9.17) is 15.6 Å². The number of aliphatic carboxylic acids is 1. The van der Waals surface area contributed by atoms with E-state index in [1.165, 1.54) is 7.11 Å². The van der Waals surface area contributed by atoms with Crippen molar-refractivity contribution in [3.63, 3.8) is 0 Å². The van der Waals surface area contributed by atoms with E-state index in [0.717, 1.165) is 0 Å². The molecule has 0 aliphatic heterocycles. The van der Waals surface area contributed by atoms with Crippen LogP contribution >= 0.6 is 0 Å². The molecule has 0 aromatic heterocycles. The third-order valence-corrected chi connectivity index (χ3v) is 2.57. The van der Waals surface area contributed by atoms with Crippen LogP contribution in [-0.2, 0) is 14.3 Å². The number of ether oxygens (including phenoxy) is 1. The van der Waals surface area contributed by atoms with Crippen molar-refractivity contribution in [3.8, 4) is 0 Å². The minimum atomic E-state index is -1.05. The van der Waals surface area contributed by atoms with Gasteiger partial charge in [0.05, 0.1) is 0 Å². The lowest BCUT2D eigenvalue weighted by atomic mass is 9.99. The minimum absolute atomic E-state index is 0.0230. The van der Waals surface area contributed by atoms with Crippen molar-refractivity contribution in [2.45, 2.75) is 32.4 Å². The number of carboxylic acids is 1. The predicted octanol–water partition coefficient (Wildman–Crippen LogP) is -0.424. The number of nitrogens with one attached hydrogen (secondary N) is 1. The van der Waals surface area contributed by atoms with Crippen molar-refractivity contribution in [1.29, 1.82) is 0 Å². The van der Waals surface area contributed by atoms with E-state index >= 15 is 0 Å². The molecule has 0 fully saturated rings. The number of amides is 1. The second kappa shape index (κ2) is 7.19. The van der Waals surface area contributed by atoms with Crippen molar-refractivity contribution in [2.24, 2.45) is 11.7 Å². The standard InChI is InChI=1S/C10H20N2O4/c1-4-6(2)8(10(14)15)12-9(13)7(5-11)16-3/h6-8H,4-5,11H2,1-3H3,(H,12,13)(H,14,15)/t6-,7?,8-/m0/s1. The molecule has 0 bridgehead atoms. The molecule has 0 rings (SSSR count). The Hall–Kier alpha value is -1.14. The molecule has 0 aromatic rings. The molecule has 0 aliphatic carbocycles. The lowest BCUT2D eigenvalue weighted by Crippen LogP contribution is -2.50. The fourth-order valence-electron chi connectivity index (χ4n) is 1.24. The van der Waals surface area contributed by atoms with Crippen LogP contribution in [0, 0.1) is 5.92 Å². The maximum atomic E-state index is 11.6. The fourth-order valence-corrected chi connectivity index (χ4v) is 1.24. The van der Waals surface area contributed by atoms with E-state index in [0.29, 0.717) is 6.42 Å². The highest BCUT2D eigenvalue weighted by Crippen LogP contribution is 2.08. The molecule has 0 aromatic carbocycles. The maximum absolute atomic E-state index is 11.6. The van der Waals surface area contributed by atoms with Crippen LogP contribution in [0.4, 0.5) is 0 Å². The number of carbonyl (C=O) groups is 2. The predicted molar refractivity (Wildman–Crippen MR) is 58.9 cm³/mol. The van der Waals surface area contributed by atoms with Gasteiger partial charge in [-0.1, -0.05) is 20.3 Å². The van der Waals surface area contributed by atoms with Gasteiger partial charge in [-0.05, 0) is 5.92 Å². The first-order chi connectivity index (χ1) is 7.47. The Balaban J connectivity index is 4.51. The number of hydrogen-bond acceptors (Lipinski definition) is 4. The van der Waals surface area contributed by atoms with Crippen LogP contribution in [0.5, 0.6) is 0 Å². The second-order valence-electron chi connectivity index (χ2n) is 3.67. The number of methoxy groups -OCH3 is 1. The lowest BCUT2D eigenvalue weighted by Gasteiger charge is -2.22. The van der Waals surface area contributed by atoms with Crippen molar-refractivity contribution < 1.29 is 19.4 Å². The van der Waals surface area contributed by atoms with Gasteiger partial charge < -0.3 is 20.9 Å². The van der Waals surface area contributed by atoms with Gasteiger partial charge in [0.25, 0.3) is 5.91 Å². The molecular weight excluding hydrogens is 212 g/mol. The van der Waals surface area contributed by atoms with Gasteiger partial charge >= 0.3 is 5.97 Å². The van der Waals surface area contributed by atoms with Crippen molar-refractivity contribution in [1.82, 2.24) is 5.32 Å². The van der Waals surface area contributed by atoms with Gasteiger partial charge in [-0.2, -0.15) is 0 Å². The monoisotopic (exact) mass is 232 g/mol. The molecule has 1 amide bonds. The van der Waals surface area contributed by atoms with E-state index < -0.39 is 24.0 Å². The van der Waals surface area contributed by atoms with Crippen LogP contribution in [0.25, 0.3) is 0 Å². The second-order valence-corrected chi connectivity index (χ2v) is 3.67. The van der Waals surface area contributed by atoms with E-state index in [2.05, 4.69) is 5.32 Å². The van der Waals surface area contributed by atoms with Crippen molar-refractivity contribution >= 4 is 11.9 Å². The number of hydrogen-bond donors (Lipinski definition) is 3. The zero-order valence-electron chi connectivity index (χ0n) is 9.90. The number of carboxylic acid groups (broad SMARTS) is 1. The lowest BCUT2D eigenvalue weighted by molar-refractivity contribution is -0.145. The molecule has 0 spiro atoms. The van der Waals surface area contributed by atoms with Gasteiger partial charge in [0.2, 0.25) is 0 Å². The molecule has 3 atom stereocenters. The molecule has 94 valence electrons. The molecule has 0 saturated heterocycles. The first-order valence-electron chi connectivity index (χ1n) is 5.23. The van der Waals surface area contributed by atoms with E-state index in [-0.39, 0.29) is 12.5 Å². The van der Waals surface area contributed by atoms with Gasteiger partial charge in [-0.25, -0.2) is 4.79 Å². The Morgan fingerprint density at radius 2 is 2.06 bits per heavy atom. The highest BCUT2D eigenvalue weighted by molar-refractivity contribution is 5.86. The Morgan fingerprint density at radius 3 is 2.38 bits per heavy atom. The van der Waals surface area contributed by atoms with Crippen LogP contribution in [-0.4, -0.2) is 42.8 Å². The summed E-state index contributed by atoms with van der Waals surface area (Å²) in [5.74, 6) is -1.68. The van der Waals surface area contributed by atoms with Crippen LogP contribution < -0.4 is 11.1 Å². The maximum Gasteiger partial charge on any atom is 0.326 e. The molecule has 16 heavy (non-hydrogen) atoms. The average molecular weight is 232 g/mol. The number of carbonyl (C=O) groups excluding carboxylic acids is 1. The summed E-state index contributed by atoms with van der Waals surface area (Å²) in [5.41, 5.74) is 5.31. The smallest absolute Gasteiger partial charge is 0.326 e. The number of nitrogens with two attached hydrogens (primary N) is 1. The summed E-state index contributed by atoms with van der Waals surface area (Å²) in [6.45, 7) is 3.65. The summed E-state index contributed by atoms with van der Waals surface area (Å²) in [5, 5.41) is 11.4. The largest absolute Gasteiger partial charge is 0.480 e. The highest BCUT2D eigenvalue weighted by atomic mass is 16.5. The van der Waals surface area contributed by atoms with E-state index in [9.17, 15) is 9.59 Å². The van der Waals surface area contributed by atoms with Crippen LogP contribution in [0.2, 0.25) is 0 Å². The quantitative estimate of drug-likeness (QED) is 0.553. The number of rotatable bonds is 7.